The molecule has 2 aliphatic heterocycles. The van der Waals surface area contributed by atoms with Crippen molar-refractivity contribution in [3.8, 4) is 6.07 Å². The standard InChI is InChI=1S/C22H31N3O2S/c1-2-28(26,27)25-16-22(17-25,10-11-23)24-12-8-18(9-13-24)14-20-15-21(20)19-6-4-3-5-7-19/h3-7,18,20-21H,2,8-10,12-17H2,1H3/t20-,21?/m1/s1. The molecule has 2 atom stereocenters. The van der Waals surface area contributed by atoms with Crippen LogP contribution in [0.25, 0.3) is 0 Å². The van der Waals surface area contributed by atoms with Gasteiger partial charge >= 0.3 is 0 Å². The average molecular weight is 402 g/mol. The van der Waals surface area contributed by atoms with Crippen molar-refractivity contribution in [2.24, 2.45) is 11.8 Å². The van der Waals surface area contributed by atoms with Gasteiger partial charge in [0.05, 0.1) is 23.8 Å². The Kier molecular flexibility index (Phi) is 5.52. The molecule has 0 radical (unpaired) electrons. The summed E-state index contributed by atoms with van der Waals surface area (Å²) < 4.78 is 25.8. The van der Waals surface area contributed by atoms with E-state index in [1.54, 1.807) is 11.2 Å². The number of hydrogen-bond acceptors (Lipinski definition) is 4. The fourth-order valence-electron chi connectivity index (χ4n) is 5.25. The molecule has 152 valence electrons. The van der Waals surface area contributed by atoms with E-state index in [4.69, 9.17) is 0 Å². The first-order valence-electron chi connectivity index (χ1n) is 10.6. The second-order valence-corrected chi connectivity index (χ2v) is 11.2. The zero-order valence-corrected chi connectivity index (χ0v) is 17.6. The first-order chi connectivity index (χ1) is 13.5. The Morgan fingerprint density at radius 1 is 1.18 bits per heavy atom. The minimum absolute atomic E-state index is 0.141. The second-order valence-electron chi connectivity index (χ2n) is 8.91. The molecule has 0 amide bonds. The minimum atomic E-state index is -3.14. The van der Waals surface area contributed by atoms with Gasteiger partial charge in [0.25, 0.3) is 0 Å². The summed E-state index contributed by atoms with van der Waals surface area (Å²) in [7, 11) is -3.14. The molecule has 1 unspecified atom stereocenters. The number of benzene rings is 1. The number of sulfonamides is 1. The highest BCUT2D eigenvalue weighted by molar-refractivity contribution is 7.89. The van der Waals surface area contributed by atoms with Crippen LogP contribution < -0.4 is 0 Å². The van der Waals surface area contributed by atoms with E-state index >= 15 is 0 Å². The Morgan fingerprint density at radius 2 is 1.86 bits per heavy atom. The summed E-state index contributed by atoms with van der Waals surface area (Å²) in [6.07, 6.45) is 5.41. The largest absolute Gasteiger partial charge is 0.294 e. The molecule has 1 saturated carbocycles. The Hall–Kier alpha value is -1.42. The SMILES string of the molecule is CCS(=O)(=O)N1CC(CC#N)(N2CCC(C[C@@H]3CC3c3ccccc3)CC2)C1. The van der Waals surface area contributed by atoms with Crippen LogP contribution in [-0.4, -0.2) is 55.1 Å². The molecule has 5 nitrogen and oxygen atoms in total. The van der Waals surface area contributed by atoms with Gasteiger partial charge in [0.2, 0.25) is 10.0 Å². The van der Waals surface area contributed by atoms with Crippen molar-refractivity contribution in [1.29, 1.82) is 5.26 Å². The van der Waals surface area contributed by atoms with Gasteiger partial charge in [0.15, 0.2) is 0 Å². The van der Waals surface area contributed by atoms with E-state index < -0.39 is 10.0 Å². The highest BCUT2D eigenvalue weighted by Crippen LogP contribution is 2.52. The van der Waals surface area contributed by atoms with E-state index in [2.05, 4.69) is 41.3 Å². The molecule has 1 aliphatic carbocycles. The summed E-state index contributed by atoms with van der Waals surface area (Å²) in [6, 6.07) is 13.2. The Morgan fingerprint density at radius 3 is 2.46 bits per heavy atom. The maximum Gasteiger partial charge on any atom is 0.213 e. The predicted molar refractivity (Wildman–Crippen MR) is 110 cm³/mol. The molecule has 2 saturated heterocycles. The van der Waals surface area contributed by atoms with Crippen LogP contribution in [0.4, 0.5) is 0 Å². The summed E-state index contributed by atoms with van der Waals surface area (Å²) in [5, 5.41) is 9.32. The van der Waals surface area contributed by atoms with Gasteiger partial charge < -0.3 is 0 Å². The summed E-state index contributed by atoms with van der Waals surface area (Å²) in [5.74, 6) is 2.50. The smallest absolute Gasteiger partial charge is 0.213 e. The number of nitriles is 1. The van der Waals surface area contributed by atoms with E-state index in [0.717, 1.165) is 30.8 Å². The molecule has 3 fully saturated rings. The number of rotatable bonds is 7. The van der Waals surface area contributed by atoms with Crippen LogP contribution in [0.1, 0.15) is 50.5 Å². The molecular formula is C22H31N3O2S. The monoisotopic (exact) mass is 401 g/mol. The van der Waals surface area contributed by atoms with Crippen molar-refractivity contribution in [3.05, 3.63) is 35.9 Å². The van der Waals surface area contributed by atoms with Gasteiger partial charge in [0.1, 0.15) is 0 Å². The predicted octanol–water partition coefficient (Wildman–Crippen LogP) is 3.21. The summed E-state index contributed by atoms with van der Waals surface area (Å²) in [6.45, 7) is 4.65. The molecule has 0 spiro atoms. The van der Waals surface area contributed by atoms with Crippen molar-refractivity contribution in [1.82, 2.24) is 9.21 Å². The lowest BCUT2D eigenvalue weighted by Crippen LogP contribution is -2.72. The zero-order valence-electron chi connectivity index (χ0n) is 16.8. The van der Waals surface area contributed by atoms with E-state index in [0.29, 0.717) is 19.5 Å². The lowest BCUT2D eigenvalue weighted by Gasteiger charge is -2.55. The maximum atomic E-state index is 12.1. The third-order valence-electron chi connectivity index (χ3n) is 7.18. The van der Waals surface area contributed by atoms with Gasteiger partial charge in [-0.05, 0) is 69.0 Å². The van der Waals surface area contributed by atoms with Crippen LogP contribution in [0, 0.1) is 23.2 Å². The van der Waals surface area contributed by atoms with Crippen LogP contribution >= 0.6 is 0 Å². The molecule has 28 heavy (non-hydrogen) atoms. The van der Waals surface area contributed by atoms with E-state index in [1.807, 2.05) is 0 Å². The fraction of sp³-hybridized carbons (Fsp3) is 0.682. The molecule has 1 aromatic carbocycles. The highest BCUT2D eigenvalue weighted by atomic mass is 32.2. The molecule has 2 heterocycles. The van der Waals surface area contributed by atoms with E-state index in [1.165, 1.54) is 31.2 Å². The molecule has 3 aliphatic rings. The average Bonchev–Trinajstić information content (AvgIpc) is 3.45. The van der Waals surface area contributed by atoms with Gasteiger partial charge in [-0.2, -0.15) is 9.57 Å². The van der Waals surface area contributed by atoms with Gasteiger partial charge in [-0.1, -0.05) is 30.3 Å². The van der Waals surface area contributed by atoms with Crippen molar-refractivity contribution >= 4 is 10.0 Å². The van der Waals surface area contributed by atoms with Crippen molar-refractivity contribution < 1.29 is 8.42 Å². The van der Waals surface area contributed by atoms with Gasteiger partial charge in [-0.25, -0.2) is 8.42 Å². The molecule has 4 rings (SSSR count). The minimum Gasteiger partial charge on any atom is -0.294 e. The van der Waals surface area contributed by atoms with Gasteiger partial charge in [-0.3, -0.25) is 4.90 Å². The summed E-state index contributed by atoms with van der Waals surface area (Å²) >= 11 is 0. The molecule has 0 bridgehead atoms. The Bertz CT molecular complexity index is 819. The third kappa shape index (κ3) is 3.85. The fourth-order valence-corrected chi connectivity index (χ4v) is 6.49. The highest BCUT2D eigenvalue weighted by Gasteiger charge is 2.52. The van der Waals surface area contributed by atoms with E-state index in [9.17, 15) is 13.7 Å². The molecule has 6 heteroatoms. The summed E-state index contributed by atoms with van der Waals surface area (Å²) in [5.41, 5.74) is 1.23. The lowest BCUT2D eigenvalue weighted by atomic mass is 9.82. The number of hydrogen-bond donors (Lipinski definition) is 0. The lowest BCUT2D eigenvalue weighted by molar-refractivity contribution is -0.0302. The zero-order chi connectivity index (χ0) is 19.8. The van der Waals surface area contributed by atoms with Crippen LogP contribution in [0.2, 0.25) is 0 Å². The Balaban J connectivity index is 1.28. The molecule has 0 N–H and O–H groups in total. The normalized spacial score (nSPS) is 28.4. The quantitative estimate of drug-likeness (QED) is 0.704. The van der Waals surface area contributed by atoms with Crippen LogP contribution in [-0.2, 0) is 10.0 Å². The number of likely N-dealkylation sites (tertiary alicyclic amines) is 1. The van der Waals surface area contributed by atoms with Crippen LogP contribution in [0.5, 0.6) is 0 Å². The van der Waals surface area contributed by atoms with Crippen molar-refractivity contribution in [2.75, 3.05) is 31.9 Å². The van der Waals surface area contributed by atoms with Crippen LogP contribution in [0.3, 0.4) is 0 Å². The second kappa shape index (κ2) is 7.78. The van der Waals surface area contributed by atoms with Gasteiger partial charge in [-0.15, -0.1) is 0 Å². The first kappa shape index (κ1) is 19.9. The summed E-state index contributed by atoms with van der Waals surface area (Å²) in [4.78, 5) is 2.41. The van der Waals surface area contributed by atoms with Crippen molar-refractivity contribution in [3.63, 3.8) is 0 Å². The van der Waals surface area contributed by atoms with Crippen molar-refractivity contribution in [2.45, 2.75) is 50.5 Å². The topological polar surface area (TPSA) is 64.4 Å². The van der Waals surface area contributed by atoms with Gasteiger partial charge in [0, 0.05) is 13.1 Å². The van der Waals surface area contributed by atoms with Crippen LogP contribution in [0.15, 0.2) is 30.3 Å². The third-order valence-corrected chi connectivity index (χ3v) is 8.95. The molecular weight excluding hydrogens is 370 g/mol. The maximum absolute atomic E-state index is 12.1. The number of nitrogens with zero attached hydrogens (tertiary/aromatic N) is 3. The van der Waals surface area contributed by atoms with E-state index in [-0.39, 0.29) is 11.3 Å². The molecule has 0 aromatic heterocycles. The molecule has 1 aromatic rings. The number of piperidine rings is 1. The first-order valence-corrected chi connectivity index (χ1v) is 12.2. The Labute approximate surface area is 169 Å².